The topological polar surface area (TPSA) is 80.3 Å². The summed E-state index contributed by atoms with van der Waals surface area (Å²) in [4.78, 5) is 0. The Morgan fingerprint density at radius 3 is 1.05 bits per heavy atom. The molecule has 2 aliphatic carbocycles. The van der Waals surface area contributed by atoms with Crippen molar-refractivity contribution >= 4 is 22.2 Å². The van der Waals surface area contributed by atoms with Crippen molar-refractivity contribution in [2.24, 2.45) is 0 Å². The second-order valence-corrected chi connectivity index (χ2v) is 7.42. The fraction of sp³-hybridized carbons (Fsp3) is 1.00. The van der Waals surface area contributed by atoms with Crippen LogP contribution in [0.4, 0.5) is 0 Å². The molecule has 0 spiro atoms. The van der Waals surface area contributed by atoms with E-state index in [1.165, 1.54) is 12.8 Å². The molecule has 7 heteroatoms. The molecule has 19 heavy (non-hydrogen) atoms. The molecule has 0 bridgehead atoms. The van der Waals surface area contributed by atoms with Crippen LogP contribution in [0.25, 0.3) is 0 Å². The van der Waals surface area contributed by atoms with Crippen molar-refractivity contribution in [3.05, 3.63) is 0 Å². The first-order valence-electron chi connectivity index (χ1n) is 6.77. The predicted molar refractivity (Wildman–Crippen MR) is 71.6 cm³/mol. The van der Waals surface area contributed by atoms with Gasteiger partial charge in [-0.1, -0.05) is 60.7 Å². The number of hydrogen-bond acceptors (Lipinski definition) is 4. The molecule has 2 saturated carbocycles. The molecule has 0 aromatic rings. The van der Waals surface area contributed by atoms with Crippen molar-refractivity contribution in [1.82, 2.24) is 0 Å². The fourth-order valence-electron chi connectivity index (χ4n) is 2.52. The molecular weight excluding hydrogens is 338 g/mol. The summed E-state index contributed by atoms with van der Waals surface area (Å²) in [6.45, 7) is 0. The van der Waals surface area contributed by atoms with Crippen molar-refractivity contribution in [2.75, 3.05) is 0 Å². The molecule has 2 rings (SSSR count). The van der Waals surface area contributed by atoms with Crippen molar-refractivity contribution in [3.63, 3.8) is 0 Å². The monoisotopic (exact) mass is 358 g/mol. The summed E-state index contributed by atoms with van der Waals surface area (Å²) in [6.07, 6.45) is 10.4. The van der Waals surface area contributed by atoms with Gasteiger partial charge in [-0.2, -0.15) is 0 Å². The maximum absolute atomic E-state index is 10.4. The molecule has 0 N–H and O–H groups in total. The Morgan fingerprint density at radius 2 is 0.895 bits per heavy atom. The zero-order valence-corrected chi connectivity index (χ0v) is 16.0. The Labute approximate surface area is 133 Å². The Balaban J connectivity index is 0.000000324. The summed E-state index contributed by atoms with van der Waals surface area (Å²) < 4.78 is 41.4. The van der Waals surface area contributed by atoms with Crippen LogP contribution >= 0.6 is 0 Å². The summed E-state index contributed by atoms with van der Waals surface area (Å²) in [6, 6.07) is 0. The van der Waals surface area contributed by atoms with Gasteiger partial charge in [0.25, 0.3) is 0 Å². The molecule has 0 amide bonds. The molecular formula is C12H22O4S2Zn. The van der Waals surface area contributed by atoms with Gasteiger partial charge in [0.1, 0.15) is 0 Å². The summed E-state index contributed by atoms with van der Waals surface area (Å²) in [5, 5.41) is -0.0579. The van der Waals surface area contributed by atoms with Crippen molar-refractivity contribution < 1.29 is 37.0 Å². The first-order valence-corrected chi connectivity index (χ1v) is 9.05. The molecule has 4 nitrogen and oxygen atoms in total. The molecule has 108 valence electrons. The number of rotatable bonds is 2. The van der Waals surface area contributed by atoms with Gasteiger partial charge in [0.15, 0.2) is 0 Å². The summed E-state index contributed by atoms with van der Waals surface area (Å²) in [7, 11) is 0. The quantitative estimate of drug-likeness (QED) is 0.560. The summed E-state index contributed by atoms with van der Waals surface area (Å²) >= 11 is -3.60. The van der Waals surface area contributed by atoms with E-state index in [4.69, 9.17) is 0 Å². The van der Waals surface area contributed by atoms with E-state index in [1.807, 2.05) is 0 Å². The molecule has 0 aromatic carbocycles. The van der Waals surface area contributed by atoms with Gasteiger partial charge < -0.3 is 9.11 Å². The van der Waals surface area contributed by atoms with Crippen molar-refractivity contribution in [1.29, 1.82) is 0 Å². The van der Waals surface area contributed by atoms with Gasteiger partial charge in [-0.3, -0.25) is 8.42 Å². The summed E-state index contributed by atoms with van der Waals surface area (Å²) in [5.41, 5.74) is 0. The average molecular weight is 360 g/mol. The van der Waals surface area contributed by atoms with Crippen LogP contribution in [0.3, 0.4) is 0 Å². The van der Waals surface area contributed by atoms with Crippen LogP contribution in [-0.2, 0) is 41.6 Å². The third-order valence-corrected chi connectivity index (χ3v) is 5.68. The average Bonchev–Trinajstić information content (AvgIpc) is 2.41. The molecule has 2 atom stereocenters. The minimum atomic E-state index is -1.80. The second kappa shape index (κ2) is 11.5. The molecule has 0 aromatic heterocycles. The van der Waals surface area contributed by atoms with Crippen LogP contribution in [0.15, 0.2) is 0 Å². The van der Waals surface area contributed by atoms with Gasteiger partial charge in [-0.15, -0.1) is 0 Å². The van der Waals surface area contributed by atoms with E-state index in [0.29, 0.717) is 0 Å². The maximum Gasteiger partial charge on any atom is 2.00 e. The normalized spacial score (nSPS) is 24.5. The standard InChI is InChI=1S/2C6H12O2S.Zn/c2*7-9(8)6-4-2-1-3-5-6;/h2*6H,1-5H2,(H,7,8);/q;;+2/p-2. The van der Waals surface area contributed by atoms with Crippen LogP contribution in [-0.4, -0.2) is 28.0 Å². The third kappa shape index (κ3) is 8.66. The van der Waals surface area contributed by atoms with E-state index < -0.39 is 22.2 Å². The van der Waals surface area contributed by atoms with E-state index >= 15 is 0 Å². The van der Waals surface area contributed by atoms with E-state index in [0.717, 1.165) is 51.4 Å². The Bertz CT molecular complexity index is 249. The van der Waals surface area contributed by atoms with Gasteiger partial charge in [0.2, 0.25) is 0 Å². The Kier molecular flexibility index (Phi) is 12.0. The van der Waals surface area contributed by atoms with Crippen LogP contribution < -0.4 is 0 Å². The smallest absolute Gasteiger partial charge is 0.772 e. The van der Waals surface area contributed by atoms with E-state index in [1.54, 1.807) is 0 Å². The Morgan fingerprint density at radius 1 is 0.632 bits per heavy atom. The van der Waals surface area contributed by atoms with Crippen molar-refractivity contribution in [2.45, 2.75) is 74.7 Å². The Hall–Kier alpha value is 0.843. The van der Waals surface area contributed by atoms with Crippen molar-refractivity contribution in [3.8, 4) is 0 Å². The SMILES string of the molecule is O=S([O-])C1CCCCC1.O=S([O-])C1CCCCC1.[Zn+2]. The molecule has 0 aliphatic heterocycles. The molecule has 2 aliphatic rings. The molecule has 0 radical (unpaired) electrons. The van der Waals surface area contributed by atoms with Crippen LogP contribution in [0.2, 0.25) is 0 Å². The molecule has 0 saturated heterocycles. The zero-order chi connectivity index (χ0) is 13.4. The van der Waals surface area contributed by atoms with Crippen LogP contribution in [0, 0.1) is 0 Å². The predicted octanol–water partition coefficient (Wildman–Crippen LogP) is 2.39. The van der Waals surface area contributed by atoms with Gasteiger partial charge in [-0.25, -0.2) is 0 Å². The van der Waals surface area contributed by atoms with E-state index in [9.17, 15) is 17.5 Å². The van der Waals surface area contributed by atoms with Gasteiger partial charge in [0, 0.05) is 10.5 Å². The van der Waals surface area contributed by atoms with E-state index in [-0.39, 0.29) is 30.0 Å². The van der Waals surface area contributed by atoms with E-state index in [2.05, 4.69) is 0 Å². The van der Waals surface area contributed by atoms with Gasteiger partial charge in [-0.05, 0) is 25.7 Å². The largest absolute Gasteiger partial charge is 2.00 e. The third-order valence-electron chi connectivity index (χ3n) is 3.65. The minimum absolute atomic E-state index is 0. The first kappa shape index (κ1) is 19.8. The number of hydrogen-bond donors (Lipinski definition) is 0. The second-order valence-electron chi connectivity index (χ2n) is 5.04. The fourth-order valence-corrected chi connectivity index (χ4v) is 3.95. The van der Waals surface area contributed by atoms with Gasteiger partial charge in [0.05, 0.1) is 0 Å². The minimum Gasteiger partial charge on any atom is -0.772 e. The molecule has 2 fully saturated rings. The molecule has 0 heterocycles. The van der Waals surface area contributed by atoms with Crippen LogP contribution in [0.5, 0.6) is 0 Å². The first-order chi connectivity index (χ1) is 8.61. The van der Waals surface area contributed by atoms with Crippen LogP contribution in [0.1, 0.15) is 64.2 Å². The maximum atomic E-state index is 10.4. The summed E-state index contributed by atoms with van der Waals surface area (Å²) in [5.74, 6) is 0. The van der Waals surface area contributed by atoms with Gasteiger partial charge >= 0.3 is 19.5 Å². The zero-order valence-electron chi connectivity index (χ0n) is 11.4. The molecule has 2 unspecified atom stereocenters.